The van der Waals surface area contributed by atoms with E-state index in [-0.39, 0.29) is 0 Å². The lowest BCUT2D eigenvalue weighted by Gasteiger charge is -2.10. The standard InChI is InChI=1S/C20H19F3O4S/c1-13-10-17(8-9-18(13)27-11-19(25)26)28-12-16(24)7-4-14-2-5-15(6-3-14)20(21,22)23/h2-10,16,24H,11-12H2,1H3,(H,25,26). The van der Waals surface area contributed by atoms with Crippen molar-refractivity contribution in [2.45, 2.75) is 24.1 Å². The number of aliphatic hydroxyl groups is 1. The maximum atomic E-state index is 12.5. The number of rotatable bonds is 8. The molecule has 0 amide bonds. The summed E-state index contributed by atoms with van der Waals surface area (Å²) in [5.74, 6) is -0.221. The number of aryl methyl sites for hydroxylation is 1. The lowest BCUT2D eigenvalue weighted by atomic mass is 10.1. The van der Waals surface area contributed by atoms with Crippen LogP contribution in [0, 0.1) is 6.92 Å². The highest BCUT2D eigenvalue weighted by Crippen LogP contribution is 2.29. The van der Waals surface area contributed by atoms with Gasteiger partial charge in [0, 0.05) is 10.6 Å². The van der Waals surface area contributed by atoms with Gasteiger partial charge in [-0.25, -0.2) is 4.79 Å². The molecule has 0 fully saturated rings. The van der Waals surface area contributed by atoms with Gasteiger partial charge >= 0.3 is 12.1 Å². The molecule has 0 spiro atoms. The zero-order valence-corrected chi connectivity index (χ0v) is 15.8. The van der Waals surface area contributed by atoms with Crippen molar-refractivity contribution in [2.75, 3.05) is 12.4 Å². The number of thioether (sulfide) groups is 1. The zero-order chi connectivity index (χ0) is 20.7. The number of aliphatic hydroxyl groups excluding tert-OH is 1. The van der Waals surface area contributed by atoms with Crippen LogP contribution in [-0.4, -0.2) is 34.6 Å². The molecule has 8 heteroatoms. The molecule has 0 saturated heterocycles. The molecule has 0 aliphatic rings. The predicted octanol–water partition coefficient (Wildman–Crippen LogP) is 4.64. The number of benzene rings is 2. The molecule has 150 valence electrons. The first kappa shape index (κ1) is 21.8. The quantitative estimate of drug-likeness (QED) is 0.618. The van der Waals surface area contributed by atoms with Crippen molar-refractivity contribution in [3.8, 4) is 5.75 Å². The first-order valence-electron chi connectivity index (χ1n) is 8.27. The van der Waals surface area contributed by atoms with E-state index in [1.165, 1.54) is 30.0 Å². The average Bonchev–Trinajstić information content (AvgIpc) is 2.63. The molecule has 4 nitrogen and oxygen atoms in total. The molecule has 0 bridgehead atoms. The molecule has 1 unspecified atom stereocenters. The van der Waals surface area contributed by atoms with Gasteiger partial charge in [0.15, 0.2) is 6.61 Å². The minimum atomic E-state index is -4.37. The third-order valence-electron chi connectivity index (χ3n) is 3.67. The second kappa shape index (κ2) is 9.66. The van der Waals surface area contributed by atoms with Gasteiger partial charge in [0.05, 0.1) is 11.7 Å². The summed E-state index contributed by atoms with van der Waals surface area (Å²) in [5.41, 5.74) is 0.626. The van der Waals surface area contributed by atoms with Crippen LogP contribution in [0.15, 0.2) is 53.4 Å². The monoisotopic (exact) mass is 412 g/mol. The molecule has 0 aliphatic carbocycles. The van der Waals surface area contributed by atoms with Crippen LogP contribution in [0.2, 0.25) is 0 Å². The number of carboxylic acids is 1. The largest absolute Gasteiger partial charge is 0.482 e. The minimum absolute atomic E-state index is 0.353. The van der Waals surface area contributed by atoms with Crippen LogP contribution >= 0.6 is 11.8 Å². The van der Waals surface area contributed by atoms with E-state index in [2.05, 4.69) is 0 Å². The number of hydrogen-bond acceptors (Lipinski definition) is 4. The SMILES string of the molecule is Cc1cc(SCC(O)C=Cc2ccc(C(F)(F)F)cc2)ccc1OCC(=O)O. The summed E-state index contributed by atoms with van der Waals surface area (Å²) in [4.78, 5) is 11.4. The smallest absolute Gasteiger partial charge is 0.416 e. The van der Waals surface area contributed by atoms with Gasteiger partial charge < -0.3 is 14.9 Å². The molecule has 2 aromatic carbocycles. The number of carbonyl (C=O) groups is 1. The number of ether oxygens (including phenoxy) is 1. The van der Waals surface area contributed by atoms with Crippen molar-refractivity contribution >= 4 is 23.8 Å². The fourth-order valence-corrected chi connectivity index (χ4v) is 3.15. The van der Waals surface area contributed by atoms with Gasteiger partial charge in [-0.05, 0) is 48.4 Å². The lowest BCUT2D eigenvalue weighted by molar-refractivity contribution is -0.139. The minimum Gasteiger partial charge on any atom is -0.482 e. The molecule has 1 atom stereocenters. The average molecular weight is 412 g/mol. The van der Waals surface area contributed by atoms with E-state index in [9.17, 15) is 23.1 Å². The summed E-state index contributed by atoms with van der Waals surface area (Å²) < 4.78 is 42.8. The van der Waals surface area contributed by atoms with Crippen molar-refractivity contribution in [1.82, 2.24) is 0 Å². The Bertz CT molecular complexity index is 832. The molecular weight excluding hydrogens is 393 g/mol. The fourth-order valence-electron chi connectivity index (χ4n) is 2.26. The molecule has 2 rings (SSSR count). The number of aliphatic carboxylic acids is 1. The number of carboxylic acid groups (broad SMARTS) is 1. The van der Waals surface area contributed by atoms with E-state index in [0.29, 0.717) is 17.1 Å². The Kier molecular flexibility index (Phi) is 7.53. The van der Waals surface area contributed by atoms with Gasteiger partial charge in [-0.2, -0.15) is 13.2 Å². The van der Waals surface area contributed by atoms with E-state index >= 15 is 0 Å². The Hall–Kier alpha value is -2.45. The summed E-state index contributed by atoms with van der Waals surface area (Å²) in [6, 6.07) is 9.95. The Morgan fingerprint density at radius 3 is 2.46 bits per heavy atom. The van der Waals surface area contributed by atoms with Gasteiger partial charge in [0.2, 0.25) is 0 Å². The lowest BCUT2D eigenvalue weighted by Crippen LogP contribution is -2.10. The molecule has 28 heavy (non-hydrogen) atoms. The number of hydrogen-bond donors (Lipinski definition) is 2. The molecule has 0 aromatic heterocycles. The van der Waals surface area contributed by atoms with Gasteiger partial charge in [0.25, 0.3) is 0 Å². The van der Waals surface area contributed by atoms with Crippen LogP contribution in [0.25, 0.3) is 6.08 Å². The van der Waals surface area contributed by atoms with Crippen LogP contribution in [0.5, 0.6) is 5.75 Å². The highest BCUT2D eigenvalue weighted by Gasteiger charge is 2.29. The van der Waals surface area contributed by atoms with E-state index in [1.54, 1.807) is 25.1 Å². The van der Waals surface area contributed by atoms with E-state index in [0.717, 1.165) is 22.6 Å². The van der Waals surface area contributed by atoms with Crippen molar-refractivity contribution in [3.63, 3.8) is 0 Å². The second-order valence-corrected chi connectivity index (χ2v) is 7.06. The predicted molar refractivity (Wildman–Crippen MR) is 102 cm³/mol. The van der Waals surface area contributed by atoms with Crippen molar-refractivity contribution < 1.29 is 32.9 Å². The van der Waals surface area contributed by atoms with Gasteiger partial charge in [-0.3, -0.25) is 0 Å². The molecule has 0 aliphatic heterocycles. The summed E-state index contributed by atoms with van der Waals surface area (Å²) in [7, 11) is 0. The van der Waals surface area contributed by atoms with Crippen molar-refractivity contribution in [3.05, 3.63) is 65.2 Å². The van der Waals surface area contributed by atoms with Gasteiger partial charge in [-0.15, -0.1) is 11.8 Å². The van der Waals surface area contributed by atoms with E-state index in [1.807, 2.05) is 6.07 Å². The number of halogens is 3. The summed E-state index contributed by atoms with van der Waals surface area (Å²) >= 11 is 1.39. The van der Waals surface area contributed by atoms with E-state index < -0.39 is 30.4 Å². The number of alkyl halides is 3. The second-order valence-electron chi connectivity index (χ2n) is 5.97. The van der Waals surface area contributed by atoms with Gasteiger partial charge in [0.1, 0.15) is 5.75 Å². The first-order valence-corrected chi connectivity index (χ1v) is 9.25. The summed E-state index contributed by atoms with van der Waals surface area (Å²) in [6.07, 6.45) is -2.06. The Labute approximate surface area is 164 Å². The summed E-state index contributed by atoms with van der Waals surface area (Å²) in [5, 5.41) is 18.7. The van der Waals surface area contributed by atoms with Crippen molar-refractivity contribution in [2.24, 2.45) is 0 Å². The topological polar surface area (TPSA) is 66.8 Å². The van der Waals surface area contributed by atoms with Crippen LogP contribution in [0.1, 0.15) is 16.7 Å². The third kappa shape index (κ3) is 6.94. The molecule has 0 heterocycles. The Balaban J connectivity index is 1.88. The molecular formula is C20H19F3O4S. The normalized spacial score (nSPS) is 12.9. The Morgan fingerprint density at radius 2 is 1.89 bits per heavy atom. The van der Waals surface area contributed by atoms with Crippen LogP contribution < -0.4 is 4.74 Å². The van der Waals surface area contributed by atoms with Gasteiger partial charge in [-0.1, -0.05) is 24.3 Å². The molecule has 0 radical (unpaired) electrons. The maximum absolute atomic E-state index is 12.5. The fraction of sp³-hybridized carbons (Fsp3) is 0.250. The molecule has 2 N–H and O–H groups in total. The zero-order valence-electron chi connectivity index (χ0n) is 14.9. The Morgan fingerprint density at radius 1 is 1.21 bits per heavy atom. The maximum Gasteiger partial charge on any atom is 0.416 e. The third-order valence-corrected chi connectivity index (χ3v) is 4.76. The van der Waals surface area contributed by atoms with Crippen LogP contribution in [-0.2, 0) is 11.0 Å². The van der Waals surface area contributed by atoms with E-state index in [4.69, 9.17) is 9.84 Å². The molecule has 0 saturated carbocycles. The first-order chi connectivity index (χ1) is 13.1. The highest BCUT2D eigenvalue weighted by atomic mass is 32.2. The van der Waals surface area contributed by atoms with Crippen LogP contribution in [0.3, 0.4) is 0 Å². The van der Waals surface area contributed by atoms with Crippen LogP contribution in [0.4, 0.5) is 13.2 Å². The van der Waals surface area contributed by atoms with Crippen molar-refractivity contribution in [1.29, 1.82) is 0 Å². The highest BCUT2D eigenvalue weighted by molar-refractivity contribution is 7.99. The summed E-state index contributed by atoms with van der Waals surface area (Å²) in [6.45, 7) is 1.38. The molecule has 2 aromatic rings.